The van der Waals surface area contributed by atoms with Crippen molar-refractivity contribution in [3.05, 3.63) is 17.7 Å². The summed E-state index contributed by atoms with van der Waals surface area (Å²) in [5.41, 5.74) is 0.360. The van der Waals surface area contributed by atoms with E-state index >= 15 is 0 Å². The fourth-order valence-corrected chi connectivity index (χ4v) is 2.11. The van der Waals surface area contributed by atoms with Gasteiger partial charge in [-0.05, 0) is 24.4 Å². The Kier molecular flexibility index (Phi) is 3.75. The molecule has 18 heavy (non-hydrogen) atoms. The number of anilines is 1. The molecule has 0 saturated heterocycles. The maximum Gasteiger partial charge on any atom is 0.248 e. The largest absolute Gasteiger partial charge is 0.323 e. The quantitative estimate of drug-likeness (QED) is 0.845. The van der Waals surface area contributed by atoms with Gasteiger partial charge in [0.1, 0.15) is 0 Å². The van der Waals surface area contributed by atoms with E-state index in [2.05, 4.69) is 15.3 Å². The summed E-state index contributed by atoms with van der Waals surface area (Å²) in [6, 6.07) is 0. The van der Waals surface area contributed by atoms with Crippen LogP contribution in [0.15, 0.2) is 12.4 Å². The number of carbonyl (C=O) groups excluding carboxylic acids is 1. The van der Waals surface area contributed by atoms with Crippen molar-refractivity contribution in [1.82, 2.24) is 9.97 Å². The van der Waals surface area contributed by atoms with Crippen molar-refractivity contribution in [2.45, 2.75) is 31.6 Å². The second-order valence-corrected chi connectivity index (χ2v) is 4.72. The van der Waals surface area contributed by atoms with Crippen molar-refractivity contribution in [3.63, 3.8) is 0 Å². The van der Waals surface area contributed by atoms with E-state index in [0.29, 0.717) is 18.5 Å². The predicted molar refractivity (Wildman–Crippen MR) is 62.6 cm³/mol. The summed E-state index contributed by atoms with van der Waals surface area (Å²) >= 11 is 5.50. The highest BCUT2D eigenvalue weighted by molar-refractivity contribution is 6.28. The number of carbonyl (C=O) groups is 1. The number of alkyl halides is 2. The van der Waals surface area contributed by atoms with Crippen molar-refractivity contribution < 1.29 is 13.6 Å². The summed E-state index contributed by atoms with van der Waals surface area (Å²) in [4.78, 5) is 19.2. The molecule has 1 aliphatic rings. The fraction of sp³-hybridized carbons (Fsp3) is 0.545. The molecule has 4 nitrogen and oxygen atoms in total. The molecule has 2 rings (SSSR count). The van der Waals surface area contributed by atoms with Crippen LogP contribution in [0.1, 0.15) is 25.7 Å². The lowest BCUT2D eigenvalue weighted by atomic mass is 9.86. The van der Waals surface area contributed by atoms with Crippen molar-refractivity contribution >= 4 is 23.2 Å². The molecular formula is C11H12ClF2N3O. The first-order chi connectivity index (χ1) is 8.46. The standard InChI is InChI=1S/C11H12ClF2N3O/c12-10-15-5-8(6-16-10)17-9(18)7-2-1-3-11(13,14)4-7/h5-7H,1-4H2,(H,17,18). The number of halogens is 3. The molecule has 0 aromatic carbocycles. The molecule has 1 N–H and O–H groups in total. The van der Waals surface area contributed by atoms with Gasteiger partial charge in [-0.1, -0.05) is 0 Å². The summed E-state index contributed by atoms with van der Waals surface area (Å²) in [5, 5.41) is 2.59. The van der Waals surface area contributed by atoms with Crippen molar-refractivity contribution in [2.24, 2.45) is 5.92 Å². The van der Waals surface area contributed by atoms with E-state index in [0.717, 1.165) is 0 Å². The highest BCUT2D eigenvalue weighted by Crippen LogP contribution is 2.37. The molecule has 1 heterocycles. The van der Waals surface area contributed by atoms with E-state index in [-0.39, 0.29) is 11.7 Å². The minimum Gasteiger partial charge on any atom is -0.323 e. The van der Waals surface area contributed by atoms with Gasteiger partial charge in [0.25, 0.3) is 0 Å². The maximum atomic E-state index is 13.2. The van der Waals surface area contributed by atoms with Gasteiger partial charge in [-0.2, -0.15) is 0 Å². The van der Waals surface area contributed by atoms with Crippen LogP contribution in [0.5, 0.6) is 0 Å². The number of hydrogen-bond acceptors (Lipinski definition) is 3. The normalized spacial score (nSPS) is 22.5. The molecule has 1 aromatic heterocycles. The lowest BCUT2D eigenvalue weighted by Gasteiger charge is -2.27. The maximum absolute atomic E-state index is 13.2. The first-order valence-corrected chi connectivity index (χ1v) is 6.00. The topological polar surface area (TPSA) is 54.9 Å². The zero-order chi connectivity index (χ0) is 13.2. The Morgan fingerprint density at radius 3 is 2.72 bits per heavy atom. The van der Waals surface area contributed by atoms with Crippen LogP contribution in [0.3, 0.4) is 0 Å². The minimum absolute atomic E-state index is 0.0669. The monoisotopic (exact) mass is 275 g/mol. The number of amides is 1. The number of aromatic nitrogens is 2. The molecule has 1 unspecified atom stereocenters. The van der Waals surface area contributed by atoms with Gasteiger partial charge >= 0.3 is 0 Å². The van der Waals surface area contributed by atoms with Crippen LogP contribution in [-0.2, 0) is 4.79 Å². The second-order valence-electron chi connectivity index (χ2n) is 4.38. The van der Waals surface area contributed by atoms with Crippen LogP contribution >= 0.6 is 11.6 Å². The Hall–Kier alpha value is -1.30. The molecule has 0 spiro atoms. The van der Waals surface area contributed by atoms with Gasteiger partial charge in [0.05, 0.1) is 18.1 Å². The average Bonchev–Trinajstić information content (AvgIpc) is 2.31. The van der Waals surface area contributed by atoms with Gasteiger partial charge in [0, 0.05) is 18.8 Å². The van der Waals surface area contributed by atoms with E-state index < -0.39 is 24.2 Å². The summed E-state index contributed by atoms with van der Waals surface area (Å²) in [5.74, 6) is -3.82. The van der Waals surface area contributed by atoms with Crippen LogP contribution in [0.4, 0.5) is 14.5 Å². The molecule has 1 aliphatic carbocycles. The molecule has 1 amide bonds. The molecule has 1 atom stereocenters. The number of hydrogen-bond donors (Lipinski definition) is 1. The zero-order valence-electron chi connectivity index (χ0n) is 9.50. The van der Waals surface area contributed by atoms with Crippen LogP contribution in [-0.4, -0.2) is 21.8 Å². The van der Waals surface area contributed by atoms with E-state index in [1.807, 2.05) is 0 Å². The van der Waals surface area contributed by atoms with Gasteiger partial charge in [-0.3, -0.25) is 4.79 Å². The van der Waals surface area contributed by atoms with Crippen molar-refractivity contribution in [2.75, 3.05) is 5.32 Å². The predicted octanol–water partition coefficient (Wildman–Crippen LogP) is 2.89. The Bertz CT molecular complexity index is 438. The molecule has 98 valence electrons. The molecule has 1 saturated carbocycles. The summed E-state index contributed by atoms with van der Waals surface area (Å²) < 4.78 is 26.4. The number of nitrogens with one attached hydrogen (secondary N) is 1. The molecular weight excluding hydrogens is 264 g/mol. The van der Waals surface area contributed by atoms with Gasteiger partial charge in [0.15, 0.2) is 0 Å². The zero-order valence-corrected chi connectivity index (χ0v) is 10.3. The molecule has 1 fully saturated rings. The van der Waals surface area contributed by atoms with Gasteiger partial charge < -0.3 is 5.32 Å². The van der Waals surface area contributed by atoms with E-state index in [1.165, 1.54) is 12.4 Å². The molecule has 0 radical (unpaired) electrons. The van der Waals surface area contributed by atoms with E-state index in [9.17, 15) is 13.6 Å². The van der Waals surface area contributed by atoms with Crippen LogP contribution in [0.2, 0.25) is 5.28 Å². The SMILES string of the molecule is O=C(Nc1cnc(Cl)nc1)C1CCCC(F)(F)C1. The van der Waals surface area contributed by atoms with Gasteiger partial charge in [-0.15, -0.1) is 0 Å². The summed E-state index contributed by atoms with van der Waals surface area (Å²) in [6.07, 6.45) is 2.99. The van der Waals surface area contributed by atoms with Crippen molar-refractivity contribution in [1.29, 1.82) is 0 Å². The Labute approximate surface area is 108 Å². The summed E-state index contributed by atoms with van der Waals surface area (Å²) in [6.45, 7) is 0. The number of nitrogens with zero attached hydrogens (tertiary/aromatic N) is 2. The van der Waals surface area contributed by atoms with Crippen LogP contribution < -0.4 is 5.32 Å². The average molecular weight is 276 g/mol. The Balaban J connectivity index is 1.97. The first-order valence-electron chi connectivity index (χ1n) is 5.62. The minimum atomic E-state index is -2.74. The fourth-order valence-electron chi connectivity index (χ4n) is 2.02. The molecule has 7 heteroatoms. The van der Waals surface area contributed by atoms with Crippen LogP contribution in [0.25, 0.3) is 0 Å². The third-order valence-corrected chi connectivity index (χ3v) is 3.09. The van der Waals surface area contributed by atoms with Gasteiger partial charge in [-0.25, -0.2) is 18.7 Å². The second kappa shape index (κ2) is 5.14. The van der Waals surface area contributed by atoms with Gasteiger partial charge in [0.2, 0.25) is 17.1 Å². The number of rotatable bonds is 2. The summed E-state index contributed by atoms with van der Waals surface area (Å²) in [7, 11) is 0. The molecule has 0 aliphatic heterocycles. The third kappa shape index (κ3) is 3.35. The van der Waals surface area contributed by atoms with Crippen molar-refractivity contribution in [3.8, 4) is 0 Å². The smallest absolute Gasteiger partial charge is 0.248 e. The highest BCUT2D eigenvalue weighted by atomic mass is 35.5. The Morgan fingerprint density at radius 1 is 1.44 bits per heavy atom. The Morgan fingerprint density at radius 2 is 2.11 bits per heavy atom. The lowest BCUT2D eigenvalue weighted by Crippen LogP contribution is -2.33. The van der Waals surface area contributed by atoms with Crippen LogP contribution in [0, 0.1) is 5.92 Å². The molecule has 1 aromatic rings. The molecule has 0 bridgehead atoms. The third-order valence-electron chi connectivity index (χ3n) is 2.90. The van der Waals surface area contributed by atoms with E-state index in [4.69, 9.17) is 11.6 Å². The van der Waals surface area contributed by atoms with E-state index in [1.54, 1.807) is 0 Å². The lowest BCUT2D eigenvalue weighted by molar-refractivity contribution is -0.127. The highest BCUT2D eigenvalue weighted by Gasteiger charge is 2.39. The first kappa shape index (κ1) is 13.1.